The zero-order valence-electron chi connectivity index (χ0n) is 24.2. The van der Waals surface area contributed by atoms with Crippen LogP contribution >= 0.6 is 0 Å². The highest BCUT2D eigenvalue weighted by Crippen LogP contribution is 2.68. The van der Waals surface area contributed by atoms with Gasteiger partial charge in [-0.2, -0.15) is 0 Å². The number of ether oxygens (including phenoxy) is 2. The standard InChI is InChI=1S/C35H40O6/c1-21(36)26-14-15-27-30-28(40-32(38)22-10-6-4-7-11-22)19-24-18-25(37)16-17-34(24,2)31(30)29(20-35(26,27)3)41-33(39)23-12-8-5-9-13-23/h4-13,24,26-31H,14-20H2,1-3H3/t24-,26?,27?,28-,29+,30?,31?,34-,35+/m0/s1. The Morgan fingerprint density at radius 1 is 0.805 bits per heavy atom. The number of carbonyl (C=O) groups excluding carboxylic acids is 4. The molecule has 216 valence electrons. The number of carbonyl (C=O) groups is 4. The zero-order chi connectivity index (χ0) is 28.9. The normalized spacial score (nSPS) is 37.7. The van der Waals surface area contributed by atoms with E-state index in [1.54, 1.807) is 31.2 Å². The third-order valence-corrected chi connectivity index (χ3v) is 11.4. The minimum Gasteiger partial charge on any atom is -0.458 e. The number of ketones is 2. The summed E-state index contributed by atoms with van der Waals surface area (Å²) in [4.78, 5) is 52.7. The molecule has 0 aromatic heterocycles. The lowest BCUT2D eigenvalue weighted by molar-refractivity contribution is -0.205. The molecule has 2 aromatic carbocycles. The molecular formula is C35H40O6. The van der Waals surface area contributed by atoms with Gasteiger partial charge in [-0.1, -0.05) is 50.2 Å². The van der Waals surface area contributed by atoms with Crippen molar-refractivity contribution < 1.29 is 28.7 Å². The number of benzene rings is 2. The van der Waals surface area contributed by atoms with Crippen LogP contribution in [0.5, 0.6) is 0 Å². The topological polar surface area (TPSA) is 86.7 Å². The lowest BCUT2D eigenvalue weighted by atomic mass is 9.43. The molecule has 9 atom stereocenters. The fourth-order valence-electron chi connectivity index (χ4n) is 9.52. The van der Waals surface area contributed by atoms with Gasteiger partial charge in [0.15, 0.2) is 0 Å². The van der Waals surface area contributed by atoms with Crippen LogP contribution in [0.25, 0.3) is 0 Å². The van der Waals surface area contributed by atoms with Gasteiger partial charge < -0.3 is 9.47 Å². The fraction of sp³-hybridized carbons (Fsp3) is 0.543. The van der Waals surface area contributed by atoms with E-state index in [1.807, 2.05) is 36.4 Å². The van der Waals surface area contributed by atoms with E-state index in [2.05, 4.69) is 13.8 Å². The monoisotopic (exact) mass is 556 g/mol. The Morgan fingerprint density at radius 2 is 1.39 bits per heavy atom. The molecule has 2 aromatic rings. The van der Waals surface area contributed by atoms with Crippen molar-refractivity contribution in [1.29, 1.82) is 0 Å². The van der Waals surface area contributed by atoms with Gasteiger partial charge in [-0.15, -0.1) is 0 Å². The van der Waals surface area contributed by atoms with Gasteiger partial charge in [-0.05, 0) is 86.0 Å². The van der Waals surface area contributed by atoms with Crippen molar-refractivity contribution in [2.75, 3.05) is 0 Å². The van der Waals surface area contributed by atoms with Gasteiger partial charge in [0.25, 0.3) is 0 Å². The van der Waals surface area contributed by atoms with Gasteiger partial charge in [-0.25, -0.2) is 9.59 Å². The second-order valence-corrected chi connectivity index (χ2v) is 13.5. The quantitative estimate of drug-likeness (QED) is 0.392. The molecule has 4 aliphatic rings. The summed E-state index contributed by atoms with van der Waals surface area (Å²) < 4.78 is 12.8. The Hall–Kier alpha value is -3.28. The van der Waals surface area contributed by atoms with Gasteiger partial charge >= 0.3 is 11.9 Å². The molecule has 0 aliphatic heterocycles. The summed E-state index contributed by atoms with van der Waals surface area (Å²) in [6.07, 6.45) is 3.69. The van der Waals surface area contributed by atoms with E-state index in [9.17, 15) is 19.2 Å². The molecule has 0 saturated heterocycles. The van der Waals surface area contributed by atoms with E-state index >= 15 is 0 Å². The summed E-state index contributed by atoms with van der Waals surface area (Å²) in [6, 6.07) is 18.1. The maximum Gasteiger partial charge on any atom is 0.338 e. The van der Waals surface area contributed by atoms with Crippen LogP contribution in [0.15, 0.2) is 60.7 Å². The predicted molar refractivity (Wildman–Crippen MR) is 153 cm³/mol. The lowest BCUT2D eigenvalue weighted by Crippen LogP contribution is -2.64. The first kappa shape index (κ1) is 27.9. The number of fused-ring (bicyclic) bond motifs is 5. The summed E-state index contributed by atoms with van der Waals surface area (Å²) in [5.74, 6) is -0.431. The predicted octanol–water partition coefficient (Wildman–Crippen LogP) is 6.47. The van der Waals surface area contributed by atoms with Gasteiger partial charge in [0.1, 0.15) is 23.8 Å². The largest absolute Gasteiger partial charge is 0.458 e. The Morgan fingerprint density at radius 3 is 1.98 bits per heavy atom. The van der Waals surface area contributed by atoms with E-state index in [-0.39, 0.29) is 63.9 Å². The second-order valence-electron chi connectivity index (χ2n) is 13.5. The molecule has 0 radical (unpaired) electrons. The summed E-state index contributed by atoms with van der Waals surface area (Å²) in [5.41, 5.74) is 0.371. The summed E-state index contributed by atoms with van der Waals surface area (Å²) in [5, 5.41) is 0. The second kappa shape index (κ2) is 10.5. The van der Waals surface area contributed by atoms with Gasteiger partial charge in [0, 0.05) is 30.6 Å². The molecule has 0 bridgehead atoms. The van der Waals surface area contributed by atoms with Crippen LogP contribution in [0.3, 0.4) is 0 Å². The zero-order valence-corrected chi connectivity index (χ0v) is 24.2. The fourth-order valence-corrected chi connectivity index (χ4v) is 9.52. The Bertz CT molecular complexity index is 1340. The molecule has 4 aliphatic carbocycles. The van der Waals surface area contributed by atoms with Gasteiger partial charge in [0.05, 0.1) is 11.1 Å². The van der Waals surface area contributed by atoms with Crippen molar-refractivity contribution in [3.05, 3.63) is 71.8 Å². The Labute approximate surface area is 242 Å². The number of Topliss-reactive ketones (excluding diaryl/α,β-unsaturated/α-hetero) is 2. The number of rotatable bonds is 5. The first-order valence-corrected chi connectivity index (χ1v) is 15.2. The highest BCUT2D eigenvalue weighted by molar-refractivity contribution is 5.90. The van der Waals surface area contributed by atoms with E-state index in [4.69, 9.17) is 9.47 Å². The highest BCUT2D eigenvalue weighted by atomic mass is 16.6. The molecule has 41 heavy (non-hydrogen) atoms. The average Bonchev–Trinajstić information content (AvgIpc) is 3.31. The summed E-state index contributed by atoms with van der Waals surface area (Å²) >= 11 is 0. The van der Waals surface area contributed by atoms with Crippen molar-refractivity contribution in [3.8, 4) is 0 Å². The van der Waals surface area contributed by atoms with Crippen LogP contribution in [-0.4, -0.2) is 35.7 Å². The Kier molecular flexibility index (Phi) is 7.15. The molecule has 4 unspecified atom stereocenters. The maximum absolute atomic E-state index is 13.5. The molecule has 0 N–H and O–H groups in total. The SMILES string of the molecule is CC(=O)C1CCC2C3C([C@H](OC(=O)c4ccccc4)C[C@]12C)[C@@]1(C)CCC(=O)C[C@H]1C[C@@H]3OC(=O)c1ccccc1. The van der Waals surface area contributed by atoms with Crippen LogP contribution in [0.2, 0.25) is 0 Å². The molecule has 4 fully saturated rings. The van der Waals surface area contributed by atoms with Crippen LogP contribution in [0.4, 0.5) is 0 Å². The smallest absolute Gasteiger partial charge is 0.338 e. The van der Waals surface area contributed by atoms with E-state index in [0.29, 0.717) is 36.8 Å². The summed E-state index contributed by atoms with van der Waals surface area (Å²) in [7, 11) is 0. The van der Waals surface area contributed by atoms with Crippen molar-refractivity contribution in [2.24, 2.45) is 40.4 Å². The molecule has 6 rings (SSSR count). The third-order valence-electron chi connectivity index (χ3n) is 11.4. The van der Waals surface area contributed by atoms with Gasteiger partial charge in [0.2, 0.25) is 0 Å². The van der Waals surface area contributed by atoms with E-state index < -0.39 is 12.2 Å². The number of hydrogen-bond donors (Lipinski definition) is 0. The van der Waals surface area contributed by atoms with Crippen LogP contribution in [0.1, 0.15) is 86.4 Å². The molecule has 6 nitrogen and oxygen atoms in total. The minimum absolute atomic E-state index is 0.0332. The van der Waals surface area contributed by atoms with Crippen LogP contribution in [0, 0.1) is 40.4 Å². The lowest BCUT2D eigenvalue weighted by Gasteiger charge is -2.63. The highest BCUT2D eigenvalue weighted by Gasteiger charge is 2.67. The maximum atomic E-state index is 13.5. The van der Waals surface area contributed by atoms with Gasteiger partial charge in [-0.3, -0.25) is 9.59 Å². The molecule has 0 amide bonds. The van der Waals surface area contributed by atoms with Crippen LogP contribution in [-0.2, 0) is 19.1 Å². The van der Waals surface area contributed by atoms with Crippen LogP contribution < -0.4 is 0 Å². The van der Waals surface area contributed by atoms with Crippen molar-refractivity contribution >= 4 is 23.5 Å². The average molecular weight is 557 g/mol. The molecular weight excluding hydrogens is 516 g/mol. The number of hydrogen-bond acceptors (Lipinski definition) is 6. The Balaban J connectivity index is 1.43. The third kappa shape index (κ3) is 4.73. The van der Waals surface area contributed by atoms with Crippen molar-refractivity contribution in [1.82, 2.24) is 0 Å². The first-order chi connectivity index (χ1) is 19.6. The molecule has 4 saturated carbocycles. The van der Waals surface area contributed by atoms with Crippen molar-refractivity contribution in [2.45, 2.75) is 77.9 Å². The molecule has 0 heterocycles. The van der Waals surface area contributed by atoms with E-state index in [0.717, 1.165) is 19.3 Å². The number of esters is 2. The first-order valence-electron chi connectivity index (χ1n) is 15.2. The van der Waals surface area contributed by atoms with E-state index in [1.165, 1.54) is 0 Å². The summed E-state index contributed by atoms with van der Waals surface area (Å²) in [6.45, 7) is 6.12. The molecule has 0 spiro atoms. The van der Waals surface area contributed by atoms with Crippen molar-refractivity contribution in [3.63, 3.8) is 0 Å². The minimum atomic E-state index is -0.451. The molecule has 6 heteroatoms.